The summed E-state index contributed by atoms with van der Waals surface area (Å²) in [6.07, 6.45) is 0. The topological polar surface area (TPSA) is 30.2 Å². The Morgan fingerprint density at radius 2 is 1.94 bits per heavy atom. The van der Waals surface area contributed by atoms with E-state index >= 15 is 0 Å². The number of rotatable bonds is 2. The van der Waals surface area contributed by atoms with E-state index in [4.69, 9.17) is 4.42 Å². The van der Waals surface area contributed by atoms with Crippen LogP contribution in [0.25, 0.3) is 0 Å². The molecule has 1 aromatic carbocycles. The van der Waals surface area contributed by atoms with E-state index in [2.05, 4.69) is 15.9 Å². The van der Waals surface area contributed by atoms with Gasteiger partial charge >= 0.3 is 0 Å². The van der Waals surface area contributed by atoms with Crippen LogP contribution in [0.1, 0.15) is 21.9 Å². The first-order chi connectivity index (χ1) is 7.99. The summed E-state index contributed by atoms with van der Waals surface area (Å²) < 4.78 is 31.8. The number of furan rings is 1. The molecule has 0 bridgehead atoms. The van der Waals surface area contributed by atoms with Crippen LogP contribution in [0.15, 0.2) is 33.2 Å². The molecule has 5 heteroatoms. The van der Waals surface area contributed by atoms with E-state index in [1.54, 1.807) is 13.0 Å². The molecular formula is C12H7BrF2O2. The molecule has 88 valence electrons. The number of carbonyl (C=O) groups excluding carboxylic acids is 1. The smallest absolute Gasteiger partial charge is 0.231 e. The lowest BCUT2D eigenvalue weighted by Gasteiger charge is -2.02. The van der Waals surface area contributed by atoms with E-state index in [0.29, 0.717) is 5.76 Å². The summed E-state index contributed by atoms with van der Waals surface area (Å²) in [4.78, 5) is 11.8. The molecule has 0 radical (unpaired) electrons. The molecule has 1 heterocycles. The van der Waals surface area contributed by atoms with Gasteiger partial charge in [0.15, 0.2) is 5.76 Å². The molecular weight excluding hydrogens is 294 g/mol. The zero-order valence-corrected chi connectivity index (χ0v) is 10.3. The third-order valence-corrected chi connectivity index (χ3v) is 2.83. The van der Waals surface area contributed by atoms with Gasteiger partial charge in [-0.2, -0.15) is 0 Å². The van der Waals surface area contributed by atoms with Gasteiger partial charge in [0.05, 0.1) is 10.0 Å². The lowest BCUT2D eigenvalue weighted by molar-refractivity contribution is 0.100. The Labute approximate surface area is 104 Å². The molecule has 0 atom stereocenters. The molecule has 0 spiro atoms. The van der Waals surface area contributed by atoms with Crippen molar-refractivity contribution in [1.82, 2.24) is 0 Å². The lowest BCUT2D eigenvalue weighted by Crippen LogP contribution is -2.04. The minimum absolute atomic E-state index is 0.0110. The summed E-state index contributed by atoms with van der Waals surface area (Å²) in [6.45, 7) is 1.66. The highest BCUT2D eigenvalue weighted by atomic mass is 79.9. The Hall–Kier alpha value is -1.49. The SMILES string of the molecule is Cc1ccc(C(=O)c2cc(F)c(Br)cc2F)o1. The molecule has 0 saturated heterocycles. The second-order valence-corrected chi connectivity index (χ2v) is 4.34. The molecule has 1 aromatic heterocycles. The van der Waals surface area contributed by atoms with Crippen molar-refractivity contribution in [3.05, 3.63) is 57.5 Å². The van der Waals surface area contributed by atoms with Gasteiger partial charge in [-0.05, 0) is 47.1 Å². The number of benzene rings is 1. The normalized spacial score (nSPS) is 10.6. The molecule has 17 heavy (non-hydrogen) atoms. The molecule has 0 aliphatic heterocycles. The molecule has 0 unspecified atom stereocenters. The molecule has 0 fully saturated rings. The fourth-order valence-electron chi connectivity index (χ4n) is 1.39. The van der Waals surface area contributed by atoms with E-state index < -0.39 is 17.4 Å². The highest BCUT2D eigenvalue weighted by Crippen LogP contribution is 2.22. The minimum Gasteiger partial charge on any atom is -0.458 e. The average molecular weight is 301 g/mol. The molecule has 0 N–H and O–H groups in total. The van der Waals surface area contributed by atoms with Crippen molar-refractivity contribution in [3.63, 3.8) is 0 Å². The summed E-state index contributed by atoms with van der Waals surface area (Å²) in [5.41, 5.74) is -0.347. The highest BCUT2D eigenvalue weighted by molar-refractivity contribution is 9.10. The first kappa shape index (κ1) is 12.0. The highest BCUT2D eigenvalue weighted by Gasteiger charge is 2.19. The lowest BCUT2D eigenvalue weighted by atomic mass is 10.1. The fraction of sp³-hybridized carbons (Fsp3) is 0.0833. The van der Waals surface area contributed by atoms with Crippen LogP contribution in [0, 0.1) is 18.6 Å². The summed E-state index contributed by atoms with van der Waals surface area (Å²) in [7, 11) is 0. The van der Waals surface area contributed by atoms with Gasteiger partial charge in [-0.25, -0.2) is 8.78 Å². The number of aryl methyl sites for hydroxylation is 1. The molecule has 0 amide bonds. The van der Waals surface area contributed by atoms with E-state index in [1.807, 2.05) is 0 Å². The fourth-order valence-corrected chi connectivity index (χ4v) is 1.70. The summed E-state index contributed by atoms with van der Waals surface area (Å²) in [5, 5.41) is 0. The average Bonchev–Trinajstić information content (AvgIpc) is 2.69. The minimum atomic E-state index is -0.794. The third kappa shape index (κ3) is 2.29. The van der Waals surface area contributed by atoms with Gasteiger partial charge in [0.2, 0.25) is 5.78 Å². The first-order valence-corrected chi connectivity index (χ1v) is 5.54. The van der Waals surface area contributed by atoms with Crippen molar-refractivity contribution in [2.45, 2.75) is 6.92 Å². The second kappa shape index (κ2) is 4.41. The standard InChI is InChI=1S/C12H7BrF2O2/c1-6-2-3-11(17-6)12(16)7-4-10(15)8(13)5-9(7)14/h2-5H,1H3. The third-order valence-electron chi connectivity index (χ3n) is 2.22. The predicted molar refractivity (Wildman–Crippen MR) is 60.9 cm³/mol. The van der Waals surface area contributed by atoms with E-state index in [1.165, 1.54) is 6.07 Å². The Morgan fingerprint density at radius 3 is 2.53 bits per heavy atom. The van der Waals surface area contributed by atoms with Crippen molar-refractivity contribution < 1.29 is 18.0 Å². The van der Waals surface area contributed by atoms with Gasteiger partial charge in [-0.15, -0.1) is 0 Å². The second-order valence-electron chi connectivity index (χ2n) is 3.49. The van der Waals surface area contributed by atoms with Gasteiger partial charge in [0.25, 0.3) is 0 Å². The van der Waals surface area contributed by atoms with Crippen LogP contribution in [0.3, 0.4) is 0 Å². The molecule has 0 aliphatic rings. The number of hydrogen-bond donors (Lipinski definition) is 0. The van der Waals surface area contributed by atoms with Crippen molar-refractivity contribution >= 4 is 21.7 Å². The molecule has 2 rings (SSSR count). The monoisotopic (exact) mass is 300 g/mol. The molecule has 0 aliphatic carbocycles. The van der Waals surface area contributed by atoms with Crippen molar-refractivity contribution in [3.8, 4) is 0 Å². The number of hydrogen-bond acceptors (Lipinski definition) is 2. The molecule has 2 aromatic rings. The van der Waals surface area contributed by atoms with Gasteiger partial charge in [-0.1, -0.05) is 0 Å². The summed E-state index contributed by atoms with van der Waals surface area (Å²) >= 11 is 2.84. The predicted octanol–water partition coefficient (Wildman–Crippen LogP) is 3.86. The maximum Gasteiger partial charge on any atom is 0.231 e. The summed E-state index contributed by atoms with van der Waals surface area (Å²) in [5.74, 6) is -1.65. The Balaban J connectivity index is 2.47. The summed E-state index contributed by atoms with van der Waals surface area (Å²) in [6, 6.07) is 4.77. The van der Waals surface area contributed by atoms with Crippen molar-refractivity contribution in [2.24, 2.45) is 0 Å². The Kier molecular flexibility index (Phi) is 3.11. The maximum atomic E-state index is 13.5. The van der Waals surface area contributed by atoms with Crippen LogP contribution >= 0.6 is 15.9 Å². The maximum absolute atomic E-state index is 13.5. The van der Waals surface area contributed by atoms with Crippen LogP contribution in [0.5, 0.6) is 0 Å². The largest absolute Gasteiger partial charge is 0.458 e. The first-order valence-electron chi connectivity index (χ1n) is 4.74. The van der Waals surface area contributed by atoms with Crippen LogP contribution in [0.4, 0.5) is 8.78 Å². The molecule has 0 saturated carbocycles. The van der Waals surface area contributed by atoms with Gasteiger partial charge in [-0.3, -0.25) is 4.79 Å². The Morgan fingerprint density at radius 1 is 1.24 bits per heavy atom. The number of ketones is 1. The van der Waals surface area contributed by atoms with E-state index in [-0.39, 0.29) is 15.8 Å². The van der Waals surface area contributed by atoms with Gasteiger partial charge in [0.1, 0.15) is 17.4 Å². The van der Waals surface area contributed by atoms with Gasteiger partial charge in [0, 0.05) is 0 Å². The van der Waals surface area contributed by atoms with Crippen LogP contribution in [-0.4, -0.2) is 5.78 Å². The zero-order chi connectivity index (χ0) is 12.6. The van der Waals surface area contributed by atoms with E-state index in [9.17, 15) is 13.6 Å². The van der Waals surface area contributed by atoms with Crippen LogP contribution < -0.4 is 0 Å². The number of carbonyl (C=O) groups is 1. The van der Waals surface area contributed by atoms with Gasteiger partial charge < -0.3 is 4.42 Å². The zero-order valence-electron chi connectivity index (χ0n) is 8.76. The van der Waals surface area contributed by atoms with Crippen molar-refractivity contribution in [1.29, 1.82) is 0 Å². The Bertz CT molecular complexity index is 590. The van der Waals surface area contributed by atoms with E-state index in [0.717, 1.165) is 12.1 Å². The van der Waals surface area contributed by atoms with Crippen LogP contribution in [0.2, 0.25) is 0 Å². The van der Waals surface area contributed by atoms with Crippen LogP contribution in [-0.2, 0) is 0 Å². The molecule has 2 nitrogen and oxygen atoms in total. The quantitative estimate of drug-likeness (QED) is 0.623. The van der Waals surface area contributed by atoms with Crippen molar-refractivity contribution in [2.75, 3.05) is 0 Å². The number of halogens is 3.